The monoisotopic (exact) mass is 1840 g/mol. The molecule has 0 unspecified atom stereocenters. The van der Waals surface area contributed by atoms with Crippen LogP contribution in [0.2, 0.25) is 0 Å². The van der Waals surface area contributed by atoms with E-state index in [4.69, 9.17) is 78.6 Å². The van der Waals surface area contributed by atoms with Crippen molar-refractivity contribution >= 4 is 135 Å². The second-order valence-electron chi connectivity index (χ2n) is 33.1. The molecule has 3 aliphatic rings. The molecule has 3 aliphatic heterocycles. The van der Waals surface area contributed by atoms with Gasteiger partial charge in [0.05, 0.1) is 6.42 Å². The Morgan fingerprint density at radius 2 is 0.710 bits per heavy atom. The minimum absolute atomic E-state index is 0.00841. The summed E-state index contributed by atoms with van der Waals surface area (Å²) in [7, 11) is 0. The number of guanidine groups is 5. The van der Waals surface area contributed by atoms with E-state index in [0.29, 0.717) is 29.3 Å². The van der Waals surface area contributed by atoms with E-state index in [9.17, 15) is 47.9 Å². The number of para-hydroxylation sites is 1. The van der Waals surface area contributed by atoms with Gasteiger partial charge >= 0.3 is 0 Å². The number of unbranched alkanes of at least 4 members (excludes halogenated alkanes) is 2. The third kappa shape index (κ3) is 38.0. The number of aromatic nitrogens is 1. The number of hydrogen-bond acceptors (Lipinski definition) is 23. The van der Waals surface area contributed by atoms with Gasteiger partial charge < -0.3 is 157 Å². The van der Waals surface area contributed by atoms with Crippen molar-refractivity contribution in [3.05, 3.63) is 36.0 Å². The molecule has 3 fully saturated rings. The Kier molecular flexibility index (Phi) is 46.3. The van der Waals surface area contributed by atoms with Crippen LogP contribution in [0.25, 0.3) is 10.9 Å². The number of hydrogen-bond donors (Lipinski definition) is 32. The van der Waals surface area contributed by atoms with Gasteiger partial charge in [-0.15, -0.1) is 0 Å². The first kappa shape index (κ1) is 108. The van der Waals surface area contributed by atoms with Crippen molar-refractivity contribution in [2.24, 2.45) is 57.5 Å². The lowest BCUT2D eigenvalue weighted by Crippen LogP contribution is -2.61. The van der Waals surface area contributed by atoms with Crippen molar-refractivity contribution in [3.8, 4) is 0 Å². The molecular weight excluding hydrogens is 1710 g/mol. The van der Waals surface area contributed by atoms with E-state index in [1.54, 1.807) is 44.3 Å². The first-order valence-electron chi connectivity index (χ1n) is 44.4. The highest BCUT2D eigenvalue weighted by molar-refractivity contribution is 6.02. The lowest BCUT2D eigenvalue weighted by molar-refractivity contribution is -0.148. The quantitative estimate of drug-likeness (QED) is 0.0170. The molecule has 50 heteroatoms. The van der Waals surface area contributed by atoms with Crippen molar-refractivity contribution < 1.29 is 76.7 Å². The maximum absolute atomic E-state index is 15.4. The fourth-order valence-electron chi connectivity index (χ4n) is 15.3. The van der Waals surface area contributed by atoms with Crippen LogP contribution in [0, 0.1) is 33.0 Å². The van der Waals surface area contributed by atoms with Crippen LogP contribution in [0.4, 0.5) is 0 Å². The summed E-state index contributed by atoms with van der Waals surface area (Å²) in [6.45, 7) is 4.80. The summed E-state index contributed by atoms with van der Waals surface area (Å²) < 4.78 is 0. The summed E-state index contributed by atoms with van der Waals surface area (Å²) in [5, 5.41) is 84.3. The van der Waals surface area contributed by atoms with E-state index >= 15 is 28.8 Å². The first-order chi connectivity index (χ1) is 62.2. The highest BCUT2D eigenvalue weighted by Crippen LogP contribution is 2.28. The van der Waals surface area contributed by atoms with Gasteiger partial charge in [-0.3, -0.25) is 104 Å². The molecule has 4 heterocycles. The van der Waals surface area contributed by atoms with E-state index < -0.39 is 228 Å². The average Bonchev–Trinajstić information content (AvgIpc) is 1.59. The fraction of sp³-hybridized carbons (Fsp3) is 0.642. The van der Waals surface area contributed by atoms with Crippen molar-refractivity contribution in [2.45, 2.75) is 266 Å². The molecule has 1 aromatic heterocycles. The SMILES string of the molecule is CC(C)C[C@@H]1NC(=O)[C@H](CCCNC(=N)N)NC(=O)[C@H](Cc2c[nH]c3ccccc23)NC(=O)[C@H]2CCCN2C(=O)[C@@H]2CCCN2C(=O)[C@H](CCCNC(=N)N)NC(=O)[C@H](CCCNC(=N)N)NC(=O)[C@H](CC(N)=O)NC(=O)[C@H](CCCNC(=N)N)NC(=O)[C@H](CCC(N)=O)NC(=O)[C@H](CCCCN)NC(=O)[C@H](CCCCN)NC(=O)[C@H](C)NC(=O)[C@H](CCCNC(=N)N)NC1=O. The first-order valence-corrected chi connectivity index (χ1v) is 44.4. The fourth-order valence-corrected chi connectivity index (χ4v) is 15.3. The van der Waals surface area contributed by atoms with Crippen molar-refractivity contribution in [2.75, 3.05) is 58.9 Å². The minimum Gasteiger partial charge on any atom is -0.370 e. The summed E-state index contributed by atoms with van der Waals surface area (Å²) in [5.41, 5.74) is 52.3. The van der Waals surface area contributed by atoms with E-state index in [0.717, 1.165) is 0 Å². The zero-order valence-electron chi connectivity index (χ0n) is 74.7. The molecule has 0 aliphatic carbocycles. The Hall–Kier alpha value is -13.4. The molecule has 728 valence electrons. The Morgan fingerprint density at radius 1 is 0.382 bits per heavy atom. The van der Waals surface area contributed by atoms with Gasteiger partial charge in [0, 0.05) is 75.8 Å². The van der Waals surface area contributed by atoms with Crippen LogP contribution in [-0.2, 0) is 83.1 Å². The van der Waals surface area contributed by atoms with Crippen LogP contribution >= 0.6 is 0 Å². The lowest BCUT2D eigenvalue weighted by atomic mass is 10.00. The van der Waals surface area contributed by atoms with Crippen molar-refractivity contribution in [3.63, 3.8) is 0 Å². The smallest absolute Gasteiger partial charge is 0.246 e. The number of fused-ring (bicyclic) bond motifs is 3. The zero-order valence-corrected chi connectivity index (χ0v) is 74.7. The maximum atomic E-state index is 15.4. The number of carbonyl (C=O) groups excluding carboxylic acids is 16. The van der Waals surface area contributed by atoms with Crippen LogP contribution in [0.3, 0.4) is 0 Å². The molecule has 0 bridgehead atoms. The van der Waals surface area contributed by atoms with E-state index in [2.05, 4.69) is 95.4 Å². The molecule has 131 heavy (non-hydrogen) atoms. The third-order valence-corrected chi connectivity index (χ3v) is 22.1. The molecular formula is C81H138N34O16. The second-order valence-corrected chi connectivity index (χ2v) is 33.1. The van der Waals surface area contributed by atoms with Gasteiger partial charge in [0.25, 0.3) is 0 Å². The summed E-state index contributed by atoms with van der Waals surface area (Å²) in [5.74, 6) is -18.2. The number of H-pyrrole nitrogens is 1. The minimum atomic E-state index is -1.97. The number of nitrogens with one attached hydrogen (secondary N) is 23. The predicted molar refractivity (Wildman–Crippen MR) is 484 cm³/mol. The standard InChI is InChI=1S/C81H138N34O16/c1-43(2)39-56-71(126)106-50(21-10-32-96-77(86)87)64(119)102-44(3)63(118)103-48(19-6-8-30-82)65(120)104-49(20-7-9-31-83)66(121)109-54(28-29-61(84)116)70(125)105-52(23-12-34-98-79(90)91)69(124)112-58(41-62(85)117)73(128)108-51(22-11-33-97-78(88)89)67(122)110-55(25-14-36-100-81(94)95)75(130)115-38-16-27-60(115)76(131)114-37-15-26-59(114)74(129)113-57(40-45-42-101-47-18-5-4-17-46(45)47)72(127)107-53(68(123)111-56)24-13-35-99-80(92)93/h4-5,17-18,42-44,48-60,101H,6-16,19-41,82-83H2,1-3H3,(H2,84,116)(H2,85,117)(H,102,119)(H,103,118)(H,104,120)(H,105,125)(H,106,126)(H,107,127)(H,108,128)(H,109,121)(H,110,122)(H,111,123)(H,112,124)(H,113,129)(H4,86,87,96)(H4,88,89,97)(H4,90,91,98)(H4,92,93,99)(H4,94,95,100)/t44-,48-,49-,50-,51-,52-,53-,54-,55-,56-,57-,58-,59+,60-/m0/s1. The van der Waals surface area contributed by atoms with Crippen LogP contribution in [-0.4, -0.2) is 283 Å². The molecule has 2 aromatic rings. The molecule has 3 saturated heterocycles. The Morgan fingerprint density at radius 3 is 1.11 bits per heavy atom. The predicted octanol–water partition coefficient (Wildman–Crippen LogP) is -8.70. The van der Waals surface area contributed by atoms with Crippen LogP contribution in [0.1, 0.15) is 180 Å². The summed E-state index contributed by atoms with van der Waals surface area (Å²) in [6.07, 6.45) is -0.550. The second kappa shape index (κ2) is 56.1. The molecule has 0 radical (unpaired) electrons. The maximum Gasteiger partial charge on any atom is 0.246 e. The molecule has 14 atom stereocenters. The number of primary amides is 2. The Bertz CT molecular complexity index is 4300. The summed E-state index contributed by atoms with van der Waals surface area (Å²) >= 11 is 0. The highest BCUT2D eigenvalue weighted by Gasteiger charge is 2.46. The molecule has 0 saturated carbocycles. The van der Waals surface area contributed by atoms with Crippen LogP contribution in [0.15, 0.2) is 30.5 Å². The van der Waals surface area contributed by atoms with Gasteiger partial charge in [-0.2, -0.15) is 0 Å². The van der Waals surface area contributed by atoms with Gasteiger partial charge in [0.2, 0.25) is 94.5 Å². The number of amides is 16. The zero-order chi connectivity index (χ0) is 97.0. The van der Waals surface area contributed by atoms with Gasteiger partial charge in [0.1, 0.15) is 84.6 Å². The molecule has 0 spiro atoms. The number of nitrogens with zero attached hydrogens (tertiary/aromatic N) is 2. The van der Waals surface area contributed by atoms with Gasteiger partial charge in [0.15, 0.2) is 29.8 Å². The summed E-state index contributed by atoms with van der Waals surface area (Å²) in [6, 6.07) is -14.7. The highest BCUT2D eigenvalue weighted by atomic mass is 16.2. The molecule has 5 rings (SSSR count). The normalized spacial score (nSPS) is 23.9. The van der Waals surface area contributed by atoms with Crippen molar-refractivity contribution in [1.29, 1.82) is 27.0 Å². The molecule has 41 N–H and O–H groups in total. The largest absolute Gasteiger partial charge is 0.370 e. The Balaban J connectivity index is 1.71. The number of carbonyl (C=O) groups is 16. The lowest BCUT2D eigenvalue weighted by Gasteiger charge is -2.34. The van der Waals surface area contributed by atoms with Gasteiger partial charge in [-0.1, -0.05) is 32.0 Å². The van der Waals surface area contributed by atoms with Crippen molar-refractivity contribution in [1.82, 2.24) is 105 Å². The molecule has 1 aromatic carbocycles. The summed E-state index contributed by atoms with van der Waals surface area (Å²) in [4.78, 5) is 241. The Labute approximate surface area is 759 Å². The van der Waals surface area contributed by atoms with E-state index in [-0.39, 0.29) is 193 Å². The van der Waals surface area contributed by atoms with Crippen LogP contribution in [0.5, 0.6) is 0 Å². The third-order valence-electron chi connectivity index (χ3n) is 22.1. The van der Waals surface area contributed by atoms with Gasteiger partial charge in [-0.25, -0.2) is 0 Å². The number of benzene rings is 1. The number of aromatic amines is 1. The number of rotatable bonds is 37. The van der Waals surface area contributed by atoms with Crippen LogP contribution < -0.4 is 142 Å². The van der Waals surface area contributed by atoms with Gasteiger partial charge in [-0.05, 0) is 179 Å². The topological polar surface area (TPSA) is 853 Å². The van der Waals surface area contributed by atoms with E-state index in [1.165, 1.54) is 16.7 Å². The average molecular weight is 1840 g/mol. The molecule has 16 amide bonds. The number of nitrogens with two attached hydrogens (primary N) is 9. The molecule has 50 nitrogen and oxygen atoms in total. The van der Waals surface area contributed by atoms with E-state index in [1.807, 2.05) is 0 Å².